The minimum absolute atomic E-state index is 0.325. The summed E-state index contributed by atoms with van der Waals surface area (Å²) >= 11 is 11.8. The van der Waals surface area contributed by atoms with E-state index in [4.69, 9.17) is 28.0 Å². The molecule has 0 aromatic heterocycles. The molecule has 4 nitrogen and oxygen atoms in total. The summed E-state index contributed by atoms with van der Waals surface area (Å²) in [4.78, 5) is 19.9. The van der Waals surface area contributed by atoms with Crippen LogP contribution in [0.1, 0.15) is 41.6 Å². The Morgan fingerprint density at radius 3 is 2.41 bits per heavy atom. The van der Waals surface area contributed by atoms with Crippen LogP contribution < -0.4 is 0 Å². The van der Waals surface area contributed by atoms with Crippen LogP contribution in [0.2, 0.25) is 10.0 Å². The van der Waals surface area contributed by atoms with Crippen molar-refractivity contribution in [2.75, 3.05) is 0 Å². The highest BCUT2D eigenvalue weighted by molar-refractivity contribution is 6.42. The van der Waals surface area contributed by atoms with Gasteiger partial charge in [-0.25, -0.2) is 4.79 Å². The van der Waals surface area contributed by atoms with E-state index in [2.05, 4.69) is 34.3 Å². The van der Waals surface area contributed by atoms with Crippen LogP contribution in [-0.2, 0) is 11.4 Å². The molecule has 2 heterocycles. The van der Waals surface area contributed by atoms with Crippen molar-refractivity contribution in [1.29, 1.82) is 0 Å². The van der Waals surface area contributed by atoms with Crippen LogP contribution in [0.3, 0.4) is 0 Å². The van der Waals surface area contributed by atoms with E-state index in [1.807, 2.05) is 6.07 Å². The molecule has 6 heteroatoms. The Labute approximate surface area is 168 Å². The molecule has 0 N–H and O–H groups in total. The fraction of sp³-hybridized carbons (Fsp3) is 0.333. The number of nitrogens with zero attached hydrogens (tertiary/aromatic N) is 2. The molecule has 0 aliphatic carbocycles. The number of benzene rings is 2. The molecule has 140 valence electrons. The maximum atomic E-state index is 12.2. The van der Waals surface area contributed by atoms with Crippen LogP contribution in [0.15, 0.2) is 53.7 Å². The van der Waals surface area contributed by atoms with Gasteiger partial charge in [0.05, 0.1) is 21.3 Å². The molecule has 2 aromatic rings. The van der Waals surface area contributed by atoms with E-state index >= 15 is 0 Å². The van der Waals surface area contributed by atoms with Crippen LogP contribution in [0.5, 0.6) is 0 Å². The fourth-order valence-electron chi connectivity index (χ4n) is 3.99. The maximum absolute atomic E-state index is 12.2. The van der Waals surface area contributed by atoms with Gasteiger partial charge in [-0.05, 0) is 36.6 Å². The molecule has 0 spiro atoms. The Balaban J connectivity index is 1.39. The second kappa shape index (κ2) is 8.01. The minimum atomic E-state index is -0.514. The second-order valence-corrected chi connectivity index (χ2v) is 7.93. The first-order valence-electron chi connectivity index (χ1n) is 9.12. The molecular weight excluding hydrogens is 383 g/mol. The van der Waals surface area contributed by atoms with Gasteiger partial charge in [0, 0.05) is 31.5 Å². The molecule has 2 fully saturated rings. The van der Waals surface area contributed by atoms with Gasteiger partial charge < -0.3 is 4.84 Å². The van der Waals surface area contributed by atoms with E-state index < -0.39 is 5.97 Å². The zero-order chi connectivity index (χ0) is 18.8. The van der Waals surface area contributed by atoms with Gasteiger partial charge in [-0.3, -0.25) is 4.90 Å². The van der Waals surface area contributed by atoms with Crippen molar-refractivity contribution in [2.45, 2.75) is 44.3 Å². The number of oxime groups is 1. The minimum Gasteiger partial charge on any atom is -0.313 e. The topological polar surface area (TPSA) is 41.9 Å². The predicted octanol–water partition coefficient (Wildman–Crippen LogP) is 5.33. The first kappa shape index (κ1) is 18.5. The third kappa shape index (κ3) is 4.18. The van der Waals surface area contributed by atoms with Crippen molar-refractivity contribution in [3.63, 3.8) is 0 Å². The molecule has 2 unspecified atom stereocenters. The molecule has 0 radical (unpaired) electrons. The molecule has 27 heavy (non-hydrogen) atoms. The van der Waals surface area contributed by atoms with Gasteiger partial charge in [-0.2, -0.15) is 0 Å². The summed E-state index contributed by atoms with van der Waals surface area (Å²) in [7, 11) is 0. The van der Waals surface area contributed by atoms with Crippen molar-refractivity contribution in [3.05, 3.63) is 69.7 Å². The van der Waals surface area contributed by atoms with Crippen molar-refractivity contribution in [2.24, 2.45) is 5.16 Å². The number of carbonyl (C=O) groups is 1. The van der Waals surface area contributed by atoms with Gasteiger partial charge >= 0.3 is 5.97 Å². The summed E-state index contributed by atoms with van der Waals surface area (Å²) < 4.78 is 0. The quantitative estimate of drug-likeness (QED) is 0.512. The first-order chi connectivity index (χ1) is 13.1. The van der Waals surface area contributed by atoms with Crippen LogP contribution in [0.25, 0.3) is 0 Å². The average molecular weight is 403 g/mol. The van der Waals surface area contributed by atoms with Gasteiger partial charge in [-0.1, -0.05) is 58.7 Å². The number of hydrogen-bond donors (Lipinski definition) is 0. The third-order valence-electron chi connectivity index (χ3n) is 5.33. The number of carbonyl (C=O) groups excluding carboxylic acids is 1. The largest absolute Gasteiger partial charge is 0.365 e. The number of fused-ring (bicyclic) bond motifs is 2. The van der Waals surface area contributed by atoms with Crippen LogP contribution in [0.4, 0.5) is 0 Å². The van der Waals surface area contributed by atoms with Gasteiger partial charge in [0.2, 0.25) is 0 Å². The number of rotatable bonds is 4. The zero-order valence-electron chi connectivity index (χ0n) is 14.8. The highest BCUT2D eigenvalue weighted by atomic mass is 35.5. The summed E-state index contributed by atoms with van der Waals surface area (Å²) in [6.45, 7) is 0.965. The first-order valence-corrected chi connectivity index (χ1v) is 9.87. The second-order valence-electron chi connectivity index (χ2n) is 7.12. The van der Waals surface area contributed by atoms with E-state index in [0.717, 1.165) is 37.9 Å². The number of halogens is 2. The van der Waals surface area contributed by atoms with Gasteiger partial charge in [0.15, 0.2) is 0 Å². The van der Waals surface area contributed by atoms with Crippen LogP contribution >= 0.6 is 23.2 Å². The van der Waals surface area contributed by atoms with E-state index in [-0.39, 0.29) is 0 Å². The molecule has 2 bridgehead atoms. The van der Waals surface area contributed by atoms with Crippen molar-refractivity contribution < 1.29 is 9.63 Å². The summed E-state index contributed by atoms with van der Waals surface area (Å²) in [5, 5.41) is 4.89. The van der Waals surface area contributed by atoms with Gasteiger partial charge in [0.25, 0.3) is 0 Å². The lowest BCUT2D eigenvalue weighted by Gasteiger charge is -2.35. The molecule has 2 saturated heterocycles. The van der Waals surface area contributed by atoms with Crippen molar-refractivity contribution in [1.82, 2.24) is 4.90 Å². The lowest BCUT2D eigenvalue weighted by atomic mass is 10.00. The van der Waals surface area contributed by atoms with E-state index in [1.165, 1.54) is 11.6 Å². The Kier molecular flexibility index (Phi) is 5.48. The lowest BCUT2D eigenvalue weighted by Crippen LogP contribution is -2.42. The smallest absolute Gasteiger partial charge is 0.313 e. The monoisotopic (exact) mass is 402 g/mol. The fourth-order valence-corrected chi connectivity index (χ4v) is 4.29. The number of piperidine rings is 1. The molecule has 0 amide bonds. The maximum Gasteiger partial charge on any atom is 0.365 e. The van der Waals surface area contributed by atoms with Crippen LogP contribution in [-0.4, -0.2) is 28.7 Å². The Morgan fingerprint density at radius 1 is 1.04 bits per heavy atom. The molecule has 2 atom stereocenters. The molecule has 4 rings (SSSR count). The third-order valence-corrected chi connectivity index (χ3v) is 6.07. The lowest BCUT2D eigenvalue weighted by molar-refractivity contribution is 0.0509. The van der Waals surface area contributed by atoms with Gasteiger partial charge in [0.1, 0.15) is 0 Å². The van der Waals surface area contributed by atoms with Crippen LogP contribution in [0, 0.1) is 0 Å². The highest BCUT2D eigenvalue weighted by Crippen LogP contribution is 2.35. The standard InChI is InChI=1S/C21H20Cl2N2O2/c22-19-9-6-15(10-20(19)23)21(26)27-24-16-11-17-7-8-18(12-16)25(17)13-14-4-2-1-3-5-14/h1-6,9-10,17-18H,7-8,11-13H2. The molecule has 2 aliphatic rings. The Hall–Kier alpha value is -1.88. The zero-order valence-corrected chi connectivity index (χ0v) is 16.3. The predicted molar refractivity (Wildman–Crippen MR) is 107 cm³/mol. The highest BCUT2D eigenvalue weighted by Gasteiger charge is 2.39. The van der Waals surface area contributed by atoms with E-state index in [9.17, 15) is 4.79 Å². The van der Waals surface area contributed by atoms with Crippen molar-refractivity contribution in [3.8, 4) is 0 Å². The average Bonchev–Trinajstić information content (AvgIpc) is 2.90. The summed E-state index contributed by atoms with van der Waals surface area (Å²) in [5.74, 6) is -0.514. The SMILES string of the molecule is O=C(ON=C1CC2CCC(C1)N2Cc1ccccc1)c1ccc(Cl)c(Cl)c1. The van der Waals surface area contributed by atoms with E-state index in [0.29, 0.717) is 27.7 Å². The normalized spacial score (nSPS) is 21.9. The summed E-state index contributed by atoms with van der Waals surface area (Å²) in [6, 6.07) is 16.1. The Bertz CT molecular complexity index is 854. The number of hydrogen-bond acceptors (Lipinski definition) is 4. The Morgan fingerprint density at radius 2 is 1.74 bits per heavy atom. The van der Waals surface area contributed by atoms with Crippen molar-refractivity contribution >= 4 is 34.9 Å². The van der Waals surface area contributed by atoms with E-state index in [1.54, 1.807) is 12.1 Å². The van der Waals surface area contributed by atoms with Gasteiger partial charge in [-0.15, -0.1) is 0 Å². The molecular formula is C21H20Cl2N2O2. The summed E-state index contributed by atoms with van der Waals surface area (Å²) in [6.07, 6.45) is 4.02. The molecule has 0 saturated carbocycles. The summed E-state index contributed by atoms with van der Waals surface area (Å²) in [5.41, 5.74) is 2.64. The molecule has 2 aromatic carbocycles. The molecule has 2 aliphatic heterocycles.